The van der Waals surface area contributed by atoms with E-state index in [1.54, 1.807) is 0 Å². The molecule has 2 heterocycles. The molecule has 2 aliphatic heterocycles. The molecule has 2 atom stereocenters. The molecule has 2 saturated heterocycles. The molecule has 0 radical (unpaired) electrons. The van der Waals surface area contributed by atoms with Crippen LogP contribution in [0, 0.1) is 19.8 Å². The average Bonchev–Trinajstić information content (AvgIpc) is 3.23. The molecule has 1 amide bonds. The second-order valence-corrected chi connectivity index (χ2v) is 10.3. The Labute approximate surface area is 146 Å². The number of hydrogen-bond acceptors (Lipinski definition) is 4. The van der Waals surface area contributed by atoms with Crippen LogP contribution in [0.25, 0.3) is 0 Å². The van der Waals surface area contributed by atoms with Crippen LogP contribution in [0.2, 0.25) is 0 Å². The second kappa shape index (κ2) is 5.59. The molecule has 0 N–H and O–H groups in total. The highest BCUT2D eigenvalue weighted by Gasteiger charge is 2.49. The molecule has 3 fully saturated rings. The molecule has 0 bridgehead atoms. The minimum Gasteiger partial charge on any atom is -0.316 e. The molecule has 1 saturated carbocycles. The highest BCUT2D eigenvalue weighted by molar-refractivity contribution is 8.16. The van der Waals surface area contributed by atoms with Gasteiger partial charge in [-0.15, -0.1) is 0 Å². The van der Waals surface area contributed by atoms with Crippen molar-refractivity contribution in [2.75, 3.05) is 16.4 Å². The van der Waals surface area contributed by atoms with Crippen LogP contribution in [0.4, 0.5) is 5.69 Å². The van der Waals surface area contributed by atoms with Crippen molar-refractivity contribution in [3.63, 3.8) is 0 Å². The van der Waals surface area contributed by atoms with Crippen LogP contribution >= 0.6 is 11.8 Å². The Morgan fingerprint density at radius 2 is 1.96 bits per heavy atom. The first-order valence-electron chi connectivity index (χ1n) is 8.20. The number of carbonyl (C=O) groups is 1. The standard InChI is InChI=1S/C17H20N2O3S2/c1-10-3-6-13(7-11(10)2)19-14-8-24(21,22)9-15(14)23-17(19)18-16(20)12-4-5-12/h3,6-7,12,14-15H,4-5,8-9H2,1-2H3/t14-,15-/m1/s1. The van der Waals surface area contributed by atoms with Gasteiger partial charge in [-0.1, -0.05) is 17.8 Å². The van der Waals surface area contributed by atoms with E-state index in [-0.39, 0.29) is 34.6 Å². The number of fused-ring (bicyclic) bond motifs is 1. The summed E-state index contributed by atoms with van der Waals surface area (Å²) in [6.07, 6.45) is 1.84. The van der Waals surface area contributed by atoms with Gasteiger partial charge in [0.2, 0.25) is 0 Å². The van der Waals surface area contributed by atoms with Crippen molar-refractivity contribution < 1.29 is 13.2 Å². The zero-order valence-electron chi connectivity index (χ0n) is 13.7. The summed E-state index contributed by atoms with van der Waals surface area (Å²) in [5.41, 5.74) is 3.26. The Kier molecular flexibility index (Phi) is 3.76. The highest BCUT2D eigenvalue weighted by Crippen LogP contribution is 2.42. The van der Waals surface area contributed by atoms with Crippen LogP contribution < -0.4 is 4.90 Å². The number of sulfone groups is 1. The predicted molar refractivity (Wildman–Crippen MR) is 97.4 cm³/mol. The molecule has 0 aromatic heterocycles. The number of nitrogens with zero attached hydrogens (tertiary/aromatic N) is 2. The maximum Gasteiger partial charge on any atom is 0.251 e. The van der Waals surface area contributed by atoms with Gasteiger partial charge in [0.1, 0.15) is 0 Å². The quantitative estimate of drug-likeness (QED) is 0.806. The van der Waals surface area contributed by atoms with E-state index in [2.05, 4.69) is 11.1 Å². The summed E-state index contributed by atoms with van der Waals surface area (Å²) < 4.78 is 24.1. The van der Waals surface area contributed by atoms with Crippen LogP contribution in [-0.4, -0.2) is 42.3 Å². The molecule has 1 aromatic rings. The van der Waals surface area contributed by atoms with E-state index < -0.39 is 9.84 Å². The Morgan fingerprint density at radius 3 is 2.62 bits per heavy atom. The van der Waals surface area contributed by atoms with Gasteiger partial charge in [0, 0.05) is 16.9 Å². The lowest BCUT2D eigenvalue weighted by Crippen LogP contribution is -2.37. The average molecular weight is 364 g/mol. The summed E-state index contributed by atoms with van der Waals surface area (Å²) >= 11 is 1.45. The fraction of sp³-hybridized carbons (Fsp3) is 0.529. The van der Waals surface area contributed by atoms with Gasteiger partial charge < -0.3 is 4.90 Å². The number of rotatable bonds is 2. The Hall–Kier alpha value is -1.34. The number of benzene rings is 1. The van der Waals surface area contributed by atoms with E-state index >= 15 is 0 Å². The molecular weight excluding hydrogens is 344 g/mol. The van der Waals surface area contributed by atoms with Crippen LogP contribution in [0.15, 0.2) is 23.2 Å². The van der Waals surface area contributed by atoms with Crippen LogP contribution in [-0.2, 0) is 14.6 Å². The SMILES string of the molecule is Cc1ccc(N2C(=NC(=O)C3CC3)S[C@@H]3CS(=O)(=O)C[C@H]32)cc1C. The van der Waals surface area contributed by atoms with Gasteiger partial charge in [0.15, 0.2) is 15.0 Å². The molecule has 128 valence electrons. The Bertz CT molecular complexity index is 843. The van der Waals surface area contributed by atoms with E-state index in [9.17, 15) is 13.2 Å². The van der Waals surface area contributed by atoms with Crippen molar-refractivity contribution in [3.05, 3.63) is 29.3 Å². The number of carbonyl (C=O) groups excluding carboxylic acids is 1. The molecule has 4 rings (SSSR count). The number of aliphatic imine (C=N–C) groups is 1. The van der Waals surface area contributed by atoms with Gasteiger partial charge in [-0.05, 0) is 49.9 Å². The van der Waals surface area contributed by atoms with Crippen molar-refractivity contribution in [2.24, 2.45) is 10.9 Å². The van der Waals surface area contributed by atoms with E-state index in [0.29, 0.717) is 5.17 Å². The van der Waals surface area contributed by atoms with Gasteiger partial charge in [-0.2, -0.15) is 4.99 Å². The summed E-state index contributed by atoms with van der Waals surface area (Å²) in [6.45, 7) is 4.09. The van der Waals surface area contributed by atoms with E-state index in [0.717, 1.165) is 24.1 Å². The minimum atomic E-state index is -3.02. The number of aryl methyl sites for hydroxylation is 2. The van der Waals surface area contributed by atoms with Crippen LogP contribution in [0.1, 0.15) is 24.0 Å². The zero-order chi connectivity index (χ0) is 17.1. The third-order valence-corrected chi connectivity index (χ3v) is 8.18. The number of amides is 1. The van der Waals surface area contributed by atoms with Gasteiger partial charge in [-0.3, -0.25) is 4.79 Å². The van der Waals surface area contributed by atoms with Gasteiger partial charge in [0.05, 0.1) is 17.5 Å². The number of amidine groups is 1. The van der Waals surface area contributed by atoms with Gasteiger partial charge in [0.25, 0.3) is 5.91 Å². The smallest absolute Gasteiger partial charge is 0.251 e. The van der Waals surface area contributed by atoms with Crippen molar-refractivity contribution in [2.45, 2.75) is 38.0 Å². The third kappa shape index (κ3) is 2.88. The van der Waals surface area contributed by atoms with Crippen molar-refractivity contribution >= 4 is 38.4 Å². The van der Waals surface area contributed by atoms with E-state index in [4.69, 9.17) is 0 Å². The molecule has 0 unspecified atom stereocenters. The van der Waals surface area contributed by atoms with Crippen molar-refractivity contribution in [3.8, 4) is 0 Å². The summed E-state index contributed by atoms with van der Waals surface area (Å²) in [5, 5.41) is 0.627. The maximum absolute atomic E-state index is 12.2. The lowest BCUT2D eigenvalue weighted by Gasteiger charge is -2.25. The van der Waals surface area contributed by atoms with E-state index in [1.165, 1.54) is 17.3 Å². The zero-order valence-corrected chi connectivity index (χ0v) is 15.4. The Balaban J connectivity index is 1.74. The number of thioether (sulfide) groups is 1. The third-order valence-electron chi connectivity index (χ3n) is 4.97. The number of hydrogen-bond donors (Lipinski definition) is 0. The molecule has 1 aromatic carbocycles. The maximum atomic E-state index is 12.2. The van der Waals surface area contributed by atoms with Crippen molar-refractivity contribution in [1.82, 2.24) is 0 Å². The summed E-state index contributed by atoms with van der Waals surface area (Å²) in [7, 11) is -3.02. The fourth-order valence-corrected chi connectivity index (χ4v) is 7.18. The lowest BCUT2D eigenvalue weighted by molar-refractivity contribution is -0.118. The molecule has 24 heavy (non-hydrogen) atoms. The molecule has 1 aliphatic carbocycles. The monoisotopic (exact) mass is 364 g/mol. The largest absolute Gasteiger partial charge is 0.316 e. The lowest BCUT2D eigenvalue weighted by atomic mass is 10.1. The summed E-state index contributed by atoms with van der Waals surface area (Å²) in [5.74, 6) is 0.312. The topological polar surface area (TPSA) is 66.8 Å². The molecule has 7 heteroatoms. The first-order chi connectivity index (χ1) is 11.3. The first kappa shape index (κ1) is 16.1. The minimum absolute atomic E-state index is 0.0395. The fourth-order valence-electron chi connectivity index (χ4n) is 3.26. The second-order valence-electron chi connectivity index (χ2n) is 6.95. The predicted octanol–water partition coefficient (Wildman–Crippen LogP) is 2.31. The first-order valence-corrected chi connectivity index (χ1v) is 10.9. The molecule has 3 aliphatic rings. The van der Waals surface area contributed by atoms with Crippen molar-refractivity contribution in [1.29, 1.82) is 0 Å². The van der Waals surface area contributed by atoms with Crippen LogP contribution in [0.3, 0.4) is 0 Å². The summed E-state index contributed by atoms with van der Waals surface area (Å²) in [6, 6.07) is 5.95. The van der Waals surface area contributed by atoms with E-state index in [1.807, 2.05) is 30.9 Å². The number of anilines is 1. The van der Waals surface area contributed by atoms with Crippen LogP contribution in [0.5, 0.6) is 0 Å². The molecular formula is C17H20N2O3S2. The highest BCUT2D eigenvalue weighted by atomic mass is 32.2. The molecule has 5 nitrogen and oxygen atoms in total. The summed E-state index contributed by atoms with van der Waals surface area (Å²) in [4.78, 5) is 18.5. The normalized spacial score (nSPS) is 29.9. The molecule has 0 spiro atoms. The van der Waals surface area contributed by atoms with Gasteiger partial charge in [-0.25, -0.2) is 8.42 Å². The Morgan fingerprint density at radius 1 is 1.21 bits per heavy atom. The van der Waals surface area contributed by atoms with Gasteiger partial charge >= 0.3 is 0 Å².